The van der Waals surface area contributed by atoms with Gasteiger partial charge in [-0.05, 0) is 31.9 Å². The van der Waals surface area contributed by atoms with Gasteiger partial charge < -0.3 is 5.32 Å². The Kier molecular flexibility index (Phi) is 5.24. The number of nitrogens with one attached hydrogen (secondary N) is 1. The maximum absolute atomic E-state index is 12.3. The summed E-state index contributed by atoms with van der Waals surface area (Å²) in [4.78, 5) is 14.4. The lowest BCUT2D eigenvalue weighted by molar-refractivity contribution is 0.0947. The molecule has 1 aromatic rings. The van der Waals surface area contributed by atoms with Crippen LogP contribution >= 0.6 is 0 Å². The van der Waals surface area contributed by atoms with Gasteiger partial charge in [-0.25, -0.2) is 8.42 Å². The Hall–Kier alpha value is -1.40. The van der Waals surface area contributed by atoms with Crippen molar-refractivity contribution >= 4 is 15.7 Å². The van der Waals surface area contributed by atoms with E-state index < -0.39 is 9.84 Å². The lowest BCUT2D eigenvalue weighted by Gasteiger charge is -2.26. The quantitative estimate of drug-likeness (QED) is 0.900. The van der Waals surface area contributed by atoms with E-state index in [4.69, 9.17) is 0 Å². The van der Waals surface area contributed by atoms with Crippen LogP contribution in [0.15, 0.2) is 12.1 Å². The van der Waals surface area contributed by atoms with Gasteiger partial charge in [0.1, 0.15) is 0 Å². The van der Waals surface area contributed by atoms with E-state index in [1.807, 2.05) is 32.9 Å². The molecular weight excluding hydrogens is 300 g/mol. The van der Waals surface area contributed by atoms with Gasteiger partial charge in [0.25, 0.3) is 5.91 Å². The molecule has 1 fully saturated rings. The maximum Gasteiger partial charge on any atom is 0.251 e. The van der Waals surface area contributed by atoms with Gasteiger partial charge >= 0.3 is 0 Å². The first kappa shape index (κ1) is 17.0. The predicted molar refractivity (Wildman–Crippen MR) is 88.1 cm³/mol. The van der Waals surface area contributed by atoms with Gasteiger partial charge in [-0.1, -0.05) is 17.7 Å². The summed E-state index contributed by atoms with van der Waals surface area (Å²) in [6.45, 7) is 8.25. The number of rotatable bonds is 4. The molecule has 22 heavy (non-hydrogen) atoms. The second-order valence-electron chi connectivity index (χ2n) is 6.02. The molecule has 0 aromatic heterocycles. The zero-order chi connectivity index (χ0) is 16.3. The number of hydrogen-bond donors (Lipinski definition) is 1. The largest absolute Gasteiger partial charge is 0.351 e. The smallest absolute Gasteiger partial charge is 0.251 e. The van der Waals surface area contributed by atoms with Crippen LogP contribution in [0.2, 0.25) is 0 Å². The molecular formula is C16H24N2O3S. The number of benzene rings is 1. The average molecular weight is 324 g/mol. The molecule has 0 aliphatic carbocycles. The molecule has 0 atom stereocenters. The van der Waals surface area contributed by atoms with Gasteiger partial charge in [-0.2, -0.15) is 0 Å². The highest BCUT2D eigenvalue weighted by Gasteiger charge is 2.21. The number of sulfone groups is 1. The minimum atomic E-state index is -2.84. The summed E-state index contributed by atoms with van der Waals surface area (Å²) in [5.74, 6) is 0.383. The monoisotopic (exact) mass is 324 g/mol. The molecule has 1 N–H and O–H groups in total. The van der Waals surface area contributed by atoms with Gasteiger partial charge in [-0.15, -0.1) is 0 Å². The first-order valence-electron chi connectivity index (χ1n) is 7.57. The minimum absolute atomic E-state index is 0.0559. The van der Waals surface area contributed by atoms with Crippen LogP contribution in [0.5, 0.6) is 0 Å². The Morgan fingerprint density at radius 1 is 1.14 bits per heavy atom. The van der Waals surface area contributed by atoms with Crippen LogP contribution in [0, 0.1) is 20.8 Å². The first-order chi connectivity index (χ1) is 10.3. The zero-order valence-electron chi connectivity index (χ0n) is 13.5. The second-order valence-corrected chi connectivity index (χ2v) is 8.33. The number of carbonyl (C=O) groups is 1. The number of carbonyl (C=O) groups excluding carboxylic acids is 1. The van der Waals surface area contributed by atoms with E-state index in [1.165, 1.54) is 0 Å². The molecule has 1 aliphatic heterocycles. The molecule has 1 amide bonds. The van der Waals surface area contributed by atoms with Crippen molar-refractivity contribution in [3.63, 3.8) is 0 Å². The van der Waals surface area contributed by atoms with Gasteiger partial charge in [0.2, 0.25) is 0 Å². The first-order valence-corrected chi connectivity index (χ1v) is 9.39. The summed E-state index contributed by atoms with van der Waals surface area (Å²) in [7, 11) is -2.84. The molecule has 1 saturated heterocycles. The van der Waals surface area contributed by atoms with Crippen LogP contribution < -0.4 is 5.32 Å². The zero-order valence-corrected chi connectivity index (χ0v) is 14.3. The highest BCUT2D eigenvalue weighted by Crippen LogP contribution is 2.16. The van der Waals surface area contributed by atoms with Crippen molar-refractivity contribution in [3.8, 4) is 0 Å². The summed E-state index contributed by atoms with van der Waals surface area (Å²) in [5, 5.41) is 2.94. The Morgan fingerprint density at radius 3 is 2.23 bits per heavy atom. The third-order valence-electron chi connectivity index (χ3n) is 4.05. The number of aryl methyl sites for hydroxylation is 3. The van der Waals surface area contributed by atoms with Crippen LogP contribution in [-0.2, 0) is 9.84 Å². The molecule has 122 valence electrons. The van der Waals surface area contributed by atoms with Gasteiger partial charge in [0.05, 0.1) is 11.5 Å². The molecule has 1 heterocycles. The van der Waals surface area contributed by atoms with Crippen LogP contribution in [0.4, 0.5) is 0 Å². The van der Waals surface area contributed by atoms with Crippen molar-refractivity contribution < 1.29 is 13.2 Å². The highest BCUT2D eigenvalue weighted by molar-refractivity contribution is 7.91. The standard InChI is InChI=1S/C16H24N2O3S/c1-12-10-13(2)15(14(3)11-12)16(19)17-4-5-18-6-8-22(20,21)9-7-18/h10-11H,4-9H2,1-3H3,(H,17,19). The van der Waals surface area contributed by atoms with Crippen LogP contribution in [-0.4, -0.2) is 56.9 Å². The molecule has 1 aromatic carbocycles. The summed E-state index contributed by atoms with van der Waals surface area (Å²) in [6, 6.07) is 4.02. The summed E-state index contributed by atoms with van der Waals surface area (Å²) in [6.07, 6.45) is 0. The molecule has 0 spiro atoms. The topological polar surface area (TPSA) is 66.5 Å². The van der Waals surface area contributed by atoms with Gasteiger partial charge in [-0.3, -0.25) is 9.69 Å². The molecule has 0 bridgehead atoms. The average Bonchev–Trinajstić information content (AvgIpc) is 2.39. The fourth-order valence-electron chi connectivity index (χ4n) is 2.93. The fraction of sp³-hybridized carbons (Fsp3) is 0.562. The van der Waals surface area contributed by atoms with Crippen molar-refractivity contribution in [2.45, 2.75) is 20.8 Å². The molecule has 5 nitrogen and oxygen atoms in total. The number of nitrogens with zero attached hydrogens (tertiary/aromatic N) is 1. The summed E-state index contributed by atoms with van der Waals surface area (Å²) >= 11 is 0. The van der Waals surface area contributed by atoms with E-state index in [1.54, 1.807) is 0 Å². The lowest BCUT2D eigenvalue weighted by Crippen LogP contribution is -2.44. The lowest BCUT2D eigenvalue weighted by atomic mass is 9.99. The Morgan fingerprint density at radius 2 is 1.68 bits per heavy atom. The van der Waals surface area contributed by atoms with Crippen molar-refractivity contribution in [2.24, 2.45) is 0 Å². The minimum Gasteiger partial charge on any atom is -0.351 e. The van der Waals surface area contributed by atoms with Crippen molar-refractivity contribution in [1.29, 1.82) is 0 Å². The van der Waals surface area contributed by atoms with Crippen molar-refractivity contribution in [3.05, 3.63) is 34.4 Å². The Labute approximate surface area is 132 Å². The second kappa shape index (κ2) is 6.79. The Balaban J connectivity index is 1.86. The third kappa shape index (κ3) is 4.30. The summed E-state index contributed by atoms with van der Waals surface area (Å²) < 4.78 is 22.7. The highest BCUT2D eigenvalue weighted by atomic mass is 32.2. The van der Waals surface area contributed by atoms with Gasteiger partial charge in [0.15, 0.2) is 9.84 Å². The van der Waals surface area contributed by atoms with E-state index in [0.29, 0.717) is 26.2 Å². The third-order valence-corrected chi connectivity index (χ3v) is 5.66. The normalized spacial score (nSPS) is 18.1. The van der Waals surface area contributed by atoms with E-state index in [2.05, 4.69) is 10.2 Å². The number of amides is 1. The van der Waals surface area contributed by atoms with Crippen molar-refractivity contribution in [1.82, 2.24) is 10.2 Å². The fourth-order valence-corrected chi connectivity index (χ4v) is 4.20. The molecule has 0 unspecified atom stereocenters. The molecule has 2 rings (SSSR count). The Bertz CT molecular complexity index is 631. The molecule has 6 heteroatoms. The van der Waals surface area contributed by atoms with E-state index in [9.17, 15) is 13.2 Å². The van der Waals surface area contributed by atoms with E-state index >= 15 is 0 Å². The van der Waals surface area contributed by atoms with Crippen molar-refractivity contribution in [2.75, 3.05) is 37.7 Å². The predicted octanol–water partition coefficient (Wildman–Crippen LogP) is 1.07. The summed E-state index contributed by atoms with van der Waals surface area (Å²) in [5.41, 5.74) is 3.87. The number of hydrogen-bond acceptors (Lipinski definition) is 4. The SMILES string of the molecule is Cc1cc(C)c(C(=O)NCCN2CCS(=O)(=O)CC2)c(C)c1. The maximum atomic E-state index is 12.3. The molecule has 0 saturated carbocycles. The molecule has 0 radical (unpaired) electrons. The molecule has 1 aliphatic rings. The van der Waals surface area contributed by atoms with E-state index in [-0.39, 0.29) is 17.4 Å². The van der Waals surface area contributed by atoms with Crippen LogP contribution in [0.25, 0.3) is 0 Å². The van der Waals surface area contributed by atoms with Crippen LogP contribution in [0.1, 0.15) is 27.0 Å². The van der Waals surface area contributed by atoms with Crippen LogP contribution in [0.3, 0.4) is 0 Å². The van der Waals surface area contributed by atoms with Gasteiger partial charge in [0, 0.05) is 31.7 Å². The van der Waals surface area contributed by atoms with E-state index in [0.717, 1.165) is 22.3 Å².